The molecule has 0 spiro atoms. The number of fused-ring (bicyclic) bond motifs is 1. The summed E-state index contributed by atoms with van der Waals surface area (Å²) >= 11 is 0. The van der Waals surface area contributed by atoms with Crippen molar-refractivity contribution in [2.75, 3.05) is 44.1 Å². The molecule has 2 aliphatic heterocycles. The van der Waals surface area contributed by atoms with Crippen molar-refractivity contribution >= 4 is 32.7 Å². The fourth-order valence-corrected chi connectivity index (χ4v) is 6.65. The van der Waals surface area contributed by atoms with Crippen LogP contribution in [-0.2, 0) is 24.1 Å². The number of anilines is 1. The normalized spacial score (nSPS) is 20.5. The Morgan fingerprint density at radius 3 is 2.61 bits per heavy atom. The van der Waals surface area contributed by atoms with Crippen molar-refractivity contribution in [1.82, 2.24) is 15.0 Å². The number of carboxylic acids is 1. The Balaban J connectivity index is 1.69. The van der Waals surface area contributed by atoms with E-state index in [1.807, 2.05) is 12.1 Å². The van der Waals surface area contributed by atoms with Gasteiger partial charge in [-0.25, -0.2) is 23.2 Å². The summed E-state index contributed by atoms with van der Waals surface area (Å²) in [6, 6.07) is 8.86. The van der Waals surface area contributed by atoms with E-state index in [1.54, 1.807) is 12.1 Å². The molecule has 3 aromatic heterocycles. The maximum absolute atomic E-state index is 13.2. The van der Waals surface area contributed by atoms with Crippen LogP contribution < -0.4 is 4.90 Å². The molecule has 0 aliphatic carbocycles. The van der Waals surface area contributed by atoms with Crippen molar-refractivity contribution in [1.29, 1.82) is 0 Å². The maximum Gasteiger partial charge on any atom is 0.352 e. The van der Waals surface area contributed by atoms with E-state index < -0.39 is 20.6 Å². The molecule has 0 amide bonds. The number of hydrogen-bond acceptors (Lipinski definition) is 8. The molecule has 36 heavy (non-hydrogen) atoms. The molecule has 0 bridgehead atoms. The van der Waals surface area contributed by atoms with E-state index in [-0.39, 0.29) is 11.7 Å². The number of carbonyl (C=O) groups is 1. The van der Waals surface area contributed by atoms with E-state index in [2.05, 4.69) is 21.8 Å². The second-order valence-electron chi connectivity index (χ2n) is 9.43. The lowest BCUT2D eigenvalue weighted by atomic mass is 9.90. The Morgan fingerprint density at radius 1 is 1.14 bits per heavy atom. The van der Waals surface area contributed by atoms with Crippen LogP contribution in [0.25, 0.3) is 22.4 Å². The molecule has 0 radical (unpaired) electrons. The van der Waals surface area contributed by atoms with Gasteiger partial charge in [-0.15, -0.1) is 0 Å². The summed E-state index contributed by atoms with van der Waals surface area (Å²) in [4.78, 5) is 26.0. The Morgan fingerprint density at radius 2 is 1.92 bits per heavy atom. The number of nitrogens with zero attached hydrogens (tertiary/aromatic N) is 3. The highest BCUT2D eigenvalue weighted by Gasteiger charge is 2.44. The summed E-state index contributed by atoms with van der Waals surface area (Å²) < 4.78 is 36.6. The summed E-state index contributed by atoms with van der Waals surface area (Å²) in [5, 5.41) is 9.33. The van der Waals surface area contributed by atoms with E-state index in [0.29, 0.717) is 79.6 Å². The monoisotopic (exact) mass is 514 g/mol. The molecule has 5 heterocycles. The summed E-state index contributed by atoms with van der Waals surface area (Å²) in [6.45, 7) is 4.61. The summed E-state index contributed by atoms with van der Waals surface area (Å²) in [7, 11) is -3.49. The smallest absolute Gasteiger partial charge is 0.352 e. The average Bonchev–Trinajstić information content (AvgIpc) is 3.32. The lowest BCUT2D eigenvalue weighted by molar-refractivity contribution is 0.0691. The Kier molecular flexibility index (Phi) is 6.48. The minimum absolute atomic E-state index is 0.0504. The molecule has 1 atom stereocenters. The van der Waals surface area contributed by atoms with Crippen molar-refractivity contribution in [3.05, 3.63) is 41.6 Å². The zero-order chi connectivity index (χ0) is 25.5. The van der Waals surface area contributed by atoms with Crippen molar-refractivity contribution in [3.8, 4) is 11.4 Å². The van der Waals surface area contributed by atoms with Gasteiger partial charge in [0.15, 0.2) is 9.84 Å². The van der Waals surface area contributed by atoms with E-state index in [0.717, 1.165) is 6.42 Å². The zero-order valence-corrected chi connectivity index (χ0v) is 21.2. The van der Waals surface area contributed by atoms with Gasteiger partial charge in [0.1, 0.15) is 16.3 Å². The largest absolute Gasteiger partial charge is 0.477 e. The van der Waals surface area contributed by atoms with Crippen LogP contribution in [0.3, 0.4) is 0 Å². The molecule has 2 N–H and O–H groups in total. The molecule has 5 rings (SSSR count). The van der Waals surface area contributed by atoms with Crippen molar-refractivity contribution in [2.24, 2.45) is 0 Å². The van der Waals surface area contributed by atoms with Gasteiger partial charge in [-0.05, 0) is 55.2 Å². The fraction of sp³-hybridized carbons (Fsp3) is 0.480. The first-order valence-corrected chi connectivity index (χ1v) is 14.0. The number of sulfone groups is 1. The quantitative estimate of drug-likeness (QED) is 0.509. The number of H-pyrrole nitrogens is 1. The molecule has 2 aliphatic rings. The van der Waals surface area contributed by atoms with Crippen LogP contribution in [0, 0.1) is 0 Å². The number of morpholine rings is 1. The Bertz CT molecular complexity index is 1400. The standard InChI is InChI=1S/C25H30N4O6S/c1-3-17-15-35-11-8-29(17)23-13-16(25(36(2,32)33)6-9-34-10-7-25)12-20(28-23)18-4-5-19-21(26-18)14-22(27-19)24(30)31/h4-5,12-14,17,27H,3,6-11,15H2,1-2H3,(H,30,31)/t17-/m0/s1. The number of aromatic carboxylic acids is 1. The predicted molar refractivity (Wildman–Crippen MR) is 135 cm³/mol. The number of hydrogen-bond donors (Lipinski definition) is 2. The lowest BCUT2D eigenvalue weighted by Crippen LogP contribution is -2.46. The minimum atomic E-state index is -3.49. The topological polar surface area (TPSA) is 135 Å². The van der Waals surface area contributed by atoms with Crippen molar-refractivity contribution in [3.63, 3.8) is 0 Å². The zero-order valence-electron chi connectivity index (χ0n) is 20.4. The second-order valence-corrected chi connectivity index (χ2v) is 11.8. The molecule has 0 unspecified atom stereocenters. The number of ether oxygens (including phenoxy) is 2. The first kappa shape index (κ1) is 24.7. The number of aromatic nitrogens is 3. The summed E-state index contributed by atoms with van der Waals surface area (Å²) in [5.74, 6) is -0.376. The molecule has 0 saturated carbocycles. The number of pyridine rings is 2. The highest BCUT2D eigenvalue weighted by Crippen LogP contribution is 2.42. The third-order valence-corrected chi connectivity index (χ3v) is 9.37. The van der Waals surface area contributed by atoms with Crippen LogP contribution in [0.5, 0.6) is 0 Å². The van der Waals surface area contributed by atoms with Gasteiger partial charge in [0.25, 0.3) is 0 Å². The maximum atomic E-state index is 13.2. The van der Waals surface area contributed by atoms with Gasteiger partial charge >= 0.3 is 5.97 Å². The van der Waals surface area contributed by atoms with E-state index >= 15 is 0 Å². The van der Waals surface area contributed by atoms with E-state index in [4.69, 9.17) is 14.5 Å². The average molecular weight is 515 g/mol. The van der Waals surface area contributed by atoms with Gasteiger partial charge in [0.2, 0.25) is 0 Å². The number of rotatable bonds is 6. The Labute approximate surface area is 209 Å². The molecular weight excluding hydrogens is 484 g/mol. The second kappa shape index (κ2) is 9.45. The number of nitrogens with one attached hydrogen (secondary N) is 1. The van der Waals surface area contributed by atoms with Crippen LogP contribution in [0.2, 0.25) is 0 Å². The number of aromatic amines is 1. The van der Waals surface area contributed by atoms with Gasteiger partial charge in [0, 0.05) is 26.0 Å². The van der Waals surface area contributed by atoms with Crippen LogP contribution in [-0.4, -0.2) is 79.7 Å². The van der Waals surface area contributed by atoms with Crippen LogP contribution in [0.1, 0.15) is 42.2 Å². The SMILES string of the molecule is CC[C@H]1COCCN1c1cc(C2(S(C)(=O)=O)CCOCC2)cc(-c2ccc3[nH]c(C(=O)O)cc3n2)n1. The van der Waals surface area contributed by atoms with Crippen molar-refractivity contribution < 1.29 is 27.8 Å². The minimum Gasteiger partial charge on any atom is -0.477 e. The molecular formula is C25H30N4O6S. The first-order chi connectivity index (χ1) is 17.2. The van der Waals surface area contributed by atoms with Gasteiger partial charge in [-0.3, -0.25) is 0 Å². The predicted octanol–water partition coefficient (Wildman–Crippen LogP) is 2.99. The molecule has 192 valence electrons. The molecule has 2 saturated heterocycles. The van der Waals surface area contributed by atoms with Crippen LogP contribution >= 0.6 is 0 Å². The van der Waals surface area contributed by atoms with Gasteiger partial charge in [-0.2, -0.15) is 0 Å². The van der Waals surface area contributed by atoms with Gasteiger partial charge in [0.05, 0.1) is 41.7 Å². The summed E-state index contributed by atoms with van der Waals surface area (Å²) in [5.41, 5.74) is 2.91. The van der Waals surface area contributed by atoms with Gasteiger partial charge < -0.3 is 24.5 Å². The fourth-order valence-electron chi connectivity index (χ4n) is 5.19. The van der Waals surface area contributed by atoms with E-state index in [9.17, 15) is 18.3 Å². The van der Waals surface area contributed by atoms with E-state index in [1.165, 1.54) is 12.3 Å². The lowest BCUT2D eigenvalue weighted by Gasteiger charge is -2.39. The highest BCUT2D eigenvalue weighted by atomic mass is 32.2. The molecule has 2 fully saturated rings. The molecule has 10 nitrogen and oxygen atoms in total. The number of carboxylic acid groups (broad SMARTS) is 1. The third kappa shape index (κ3) is 4.35. The van der Waals surface area contributed by atoms with Crippen molar-refractivity contribution in [2.45, 2.75) is 37.0 Å². The summed E-state index contributed by atoms with van der Waals surface area (Å²) in [6.07, 6.45) is 2.87. The van der Waals surface area contributed by atoms with Crippen LogP contribution in [0.15, 0.2) is 30.3 Å². The van der Waals surface area contributed by atoms with Crippen LogP contribution in [0.4, 0.5) is 5.82 Å². The van der Waals surface area contributed by atoms with Gasteiger partial charge in [-0.1, -0.05) is 6.92 Å². The third-order valence-electron chi connectivity index (χ3n) is 7.31. The Hall–Kier alpha value is -3.02. The highest BCUT2D eigenvalue weighted by molar-refractivity contribution is 7.91. The molecule has 3 aromatic rings. The first-order valence-electron chi connectivity index (χ1n) is 12.1. The molecule has 0 aromatic carbocycles. The molecule has 11 heteroatoms.